The van der Waals surface area contributed by atoms with Crippen LogP contribution in [-0.4, -0.2) is 21.0 Å². The van der Waals surface area contributed by atoms with Gasteiger partial charge in [-0.15, -0.1) is 0 Å². The smallest absolute Gasteiger partial charge is 0.339 e. The molecule has 8 heteroatoms. The molecule has 0 saturated heterocycles. The van der Waals surface area contributed by atoms with Gasteiger partial charge in [0.15, 0.2) is 0 Å². The van der Waals surface area contributed by atoms with Crippen LogP contribution in [0.4, 0.5) is 4.39 Å². The normalized spacial score (nSPS) is 11.7. The van der Waals surface area contributed by atoms with Crippen LogP contribution in [0.5, 0.6) is 0 Å². The molecule has 0 aliphatic heterocycles. The van der Waals surface area contributed by atoms with Crippen molar-refractivity contribution in [2.75, 3.05) is 6.61 Å². The van der Waals surface area contributed by atoms with E-state index in [0.717, 1.165) is 12.1 Å². The fourth-order valence-electron chi connectivity index (χ4n) is 1.34. The van der Waals surface area contributed by atoms with Gasteiger partial charge in [0, 0.05) is 10.7 Å². The van der Waals surface area contributed by atoms with Gasteiger partial charge in [-0.3, -0.25) is 0 Å². The lowest BCUT2D eigenvalue weighted by molar-refractivity contribution is 0.0488. The quantitative estimate of drug-likeness (QED) is 0.605. The van der Waals surface area contributed by atoms with Gasteiger partial charge in [-0.25, -0.2) is 17.6 Å². The molecule has 0 radical (unpaired) electrons. The minimum atomic E-state index is -4.31. The van der Waals surface area contributed by atoms with Gasteiger partial charge in [0.2, 0.25) is 0 Å². The highest BCUT2D eigenvalue weighted by Crippen LogP contribution is 2.26. The summed E-state index contributed by atoms with van der Waals surface area (Å²) in [6.45, 7) is 4.07. The van der Waals surface area contributed by atoms with Crippen LogP contribution in [0, 0.1) is 11.7 Å². The molecule has 0 bridgehead atoms. The summed E-state index contributed by atoms with van der Waals surface area (Å²) in [5.41, 5.74) is -0.240. The Kier molecular flexibility index (Phi) is 5.79. The zero-order valence-corrected chi connectivity index (χ0v) is 13.1. The Morgan fingerprint density at radius 2 is 2.00 bits per heavy atom. The topological polar surface area (TPSA) is 60.4 Å². The molecule has 0 unspecified atom stereocenters. The molecule has 112 valence electrons. The van der Waals surface area contributed by atoms with Crippen molar-refractivity contribution in [1.29, 1.82) is 0 Å². The molecule has 0 heterocycles. The summed E-state index contributed by atoms with van der Waals surface area (Å²) in [6, 6.07) is 1.49. The van der Waals surface area contributed by atoms with Crippen LogP contribution in [0.3, 0.4) is 0 Å². The minimum Gasteiger partial charge on any atom is -0.462 e. The molecule has 0 N–H and O–H groups in total. The number of hydrogen-bond donors (Lipinski definition) is 0. The maximum atomic E-state index is 13.4. The second-order valence-corrected chi connectivity index (χ2v) is 7.46. The largest absolute Gasteiger partial charge is 0.462 e. The third-order valence-electron chi connectivity index (χ3n) is 2.43. The van der Waals surface area contributed by atoms with E-state index in [2.05, 4.69) is 0 Å². The van der Waals surface area contributed by atoms with Gasteiger partial charge in [0.1, 0.15) is 10.7 Å². The van der Waals surface area contributed by atoms with Crippen molar-refractivity contribution in [3.63, 3.8) is 0 Å². The van der Waals surface area contributed by atoms with Crippen LogP contribution in [0.1, 0.15) is 30.6 Å². The Morgan fingerprint density at radius 1 is 1.40 bits per heavy atom. The van der Waals surface area contributed by atoms with Gasteiger partial charge >= 0.3 is 5.97 Å². The number of hydrogen-bond acceptors (Lipinski definition) is 4. The molecule has 0 atom stereocenters. The first kappa shape index (κ1) is 17.2. The number of rotatable bonds is 5. The molecule has 0 aliphatic carbocycles. The van der Waals surface area contributed by atoms with Crippen molar-refractivity contribution in [2.45, 2.75) is 25.2 Å². The van der Waals surface area contributed by atoms with Crippen LogP contribution in [-0.2, 0) is 13.8 Å². The molecule has 1 rings (SSSR count). The number of carbonyl (C=O) groups excluding carboxylic acids is 1. The summed E-state index contributed by atoms with van der Waals surface area (Å²) in [5, 5.41) is -0.235. The van der Waals surface area contributed by atoms with E-state index < -0.39 is 25.7 Å². The number of benzene rings is 1. The van der Waals surface area contributed by atoms with E-state index in [1.807, 2.05) is 13.8 Å². The SMILES string of the molecule is CC(C)CCOC(=O)c1cc(S(=O)(=O)Cl)c(F)cc1Cl. The minimum absolute atomic E-state index is 0.160. The van der Waals surface area contributed by atoms with Crippen LogP contribution < -0.4 is 0 Å². The molecule has 0 aromatic heterocycles. The lowest BCUT2D eigenvalue weighted by Gasteiger charge is -2.09. The maximum absolute atomic E-state index is 13.4. The van der Waals surface area contributed by atoms with Gasteiger partial charge in [0.05, 0.1) is 17.2 Å². The fourth-order valence-corrected chi connectivity index (χ4v) is 2.47. The van der Waals surface area contributed by atoms with Crippen LogP contribution in [0.2, 0.25) is 5.02 Å². The number of ether oxygens (including phenoxy) is 1. The van der Waals surface area contributed by atoms with Crippen molar-refractivity contribution in [2.24, 2.45) is 5.92 Å². The van der Waals surface area contributed by atoms with Crippen molar-refractivity contribution in [3.05, 3.63) is 28.5 Å². The molecule has 1 aromatic carbocycles. The Hall–Kier alpha value is -0.850. The maximum Gasteiger partial charge on any atom is 0.339 e. The third kappa shape index (κ3) is 4.61. The second-order valence-electron chi connectivity index (χ2n) is 4.52. The standard InChI is InChI=1S/C12H13Cl2FO4S/c1-7(2)3-4-19-12(16)8-5-11(20(14,17)18)10(15)6-9(8)13/h5-7H,3-4H2,1-2H3. The highest BCUT2D eigenvalue weighted by atomic mass is 35.7. The molecule has 0 aliphatic rings. The average Bonchev–Trinajstić information content (AvgIpc) is 2.26. The van der Waals surface area contributed by atoms with E-state index in [0.29, 0.717) is 12.3 Å². The van der Waals surface area contributed by atoms with Gasteiger partial charge < -0.3 is 4.74 Å². The molecular weight excluding hydrogens is 330 g/mol. The molecule has 4 nitrogen and oxygen atoms in total. The van der Waals surface area contributed by atoms with E-state index in [9.17, 15) is 17.6 Å². The summed E-state index contributed by atoms with van der Waals surface area (Å²) < 4.78 is 40.7. The number of carbonyl (C=O) groups is 1. The number of halogens is 3. The molecule has 0 saturated carbocycles. The van der Waals surface area contributed by atoms with E-state index in [4.69, 9.17) is 27.0 Å². The van der Waals surface area contributed by atoms with Crippen LogP contribution in [0.15, 0.2) is 17.0 Å². The van der Waals surface area contributed by atoms with E-state index in [1.54, 1.807) is 0 Å². The van der Waals surface area contributed by atoms with E-state index >= 15 is 0 Å². The van der Waals surface area contributed by atoms with E-state index in [-0.39, 0.29) is 17.2 Å². The Morgan fingerprint density at radius 3 is 2.50 bits per heavy atom. The highest BCUT2D eigenvalue weighted by Gasteiger charge is 2.22. The summed E-state index contributed by atoms with van der Waals surface area (Å²) in [6.07, 6.45) is 0.644. The van der Waals surface area contributed by atoms with Gasteiger partial charge in [-0.05, 0) is 24.5 Å². The summed E-state index contributed by atoms with van der Waals surface area (Å²) >= 11 is 5.71. The van der Waals surface area contributed by atoms with Gasteiger partial charge in [0.25, 0.3) is 9.05 Å². The summed E-state index contributed by atoms with van der Waals surface area (Å²) in [5.74, 6) is -1.61. The average molecular weight is 343 g/mol. The van der Waals surface area contributed by atoms with Crippen molar-refractivity contribution >= 4 is 37.3 Å². The van der Waals surface area contributed by atoms with Crippen molar-refractivity contribution < 1.29 is 22.3 Å². The van der Waals surface area contributed by atoms with Gasteiger partial charge in [-0.2, -0.15) is 0 Å². The lowest BCUT2D eigenvalue weighted by Crippen LogP contribution is -2.10. The number of esters is 1. The molecular formula is C12H13Cl2FO4S. The molecule has 0 fully saturated rings. The first-order chi connectivity index (χ1) is 9.12. The molecule has 0 spiro atoms. The Labute approximate surface area is 126 Å². The highest BCUT2D eigenvalue weighted by molar-refractivity contribution is 8.13. The van der Waals surface area contributed by atoms with Crippen LogP contribution in [0.25, 0.3) is 0 Å². The second kappa shape index (κ2) is 6.74. The lowest BCUT2D eigenvalue weighted by atomic mass is 10.1. The van der Waals surface area contributed by atoms with Crippen LogP contribution >= 0.6 is 22.3 Å². The predicted molar refractivity (Wildman–Crippen MR) is 74.2 cm³/mol. The first-order valence-corrected chi connectivity index (χ1v) is 8.42. The first-order valence-electron chi connectivity index (χ1n) is 5.73. The Bertz CT molecular complexity index is 614. The molecule has 1 aromatic rings. The molecule has 20 heavy (non-hydrogen) atoms. The molecule has 0 amide bonds. The predicted octanol–water partition coefficient (Wildman–Crippen LogP) is 3.61. The Balaban J connectivity index is 3.04. The third-order valence-corrected chi connectivity index (χ3v) is 4.08. The van der Waals surface area contributed by atoms with E-state index in [1.165, 1.54) is 0 Å². The zero-order valence-electron chi connectivity index (χ0n) is 10.8. The van der Waals surface area contributed by atoms with Gasteiger partial charge in [-0.1, -0.05) is 25.4 Å². The fraction of sp³-hybridized carbons (Fsp3) is 0.417. The summed E-state index contributed by atoms with van der Waals surface area (Å²) in [4.78, 5) is 11.0. The zero-order chi connectivity index (χ0) is 15.5. The summed E-state index contributed by atoms with van der Waals surface area (Å²) in [7, 11) is 0.766. The van der Waals surface area contributed by atoms with Crippen molar-refractivity contribution in [1.82, 2.24) is 0 Å². The van der Waals surface area contributed by atoms with Crippen molar-refractivity contribution in [3.8, 4) is 0 Å². The monoisotopic (exact) mass is 342 g/mol.